The van der Waals surface area contributed by atoms with Gasteiger partial charge in [-0.15, -0.1) is 11.8 Å². The van der Waals surface area contributed by atoms with Gasteiger partial charge in [0.1, 0.15) is 17.7 Å². The van der Waals surface area contributed by atoms with Crippen LogP contribution in [0.15, 0.2) is 54.6 Å². The normalized spacial score (nSPS) is 16.8. The van der Waals surface area contributed by atoms with E-state index in [0.29, 0.717) is 13.0 Å². The Morgan fingerprint density at radius 1 is 1.20 bits per heavy atom. The number of amides is 1. The molecule has 0 aromatic heterocycles. The predicted octanol–water partition coefficient (Wildman–Crippen LogP) is 5.03. The highest BCUT2D eigenvalue weighted by atomic mass is 32.2. The average Bonchev–Trinajstić information content (AvgIpc) is 3.15. The zero-order valence-electron chi connectivity index (χ0n) is 14.7. The molecule has 1 aliphatic rings. The van der Waals surface area contributed by atoms with Gasteiger partial charge in [0.05, 0.1) is 0 Å². The lowest BCUT2D eigenvalue weighted by molar-refractivity contribution is -0.131. The van der Waals surface area contributed by atoms with Crippen molar-refractivity contribution in [3.63, 3.8) is 0 Å². The molecule has 4 heteroatoms. The Bertz CT molecular complexity index is 689. The maximum atomic E-state index is 12.5. The van der Waals surface area contributed by atoms with Crippen LogP contribution < -0.4 is 4.74 Å². The molecule has 1 unspecified atom stereocenters. The van der Waals surface area contributed by atoms with E-state index in [4.69, 9.17) is 4.74 Å². The molecular formula is C21H25NO2S. The molecule has 3 nitrogen and oxygen atoms in total. The van der Waals surface area contributed by atoms with E-state index >= 15 is 0 Å². The van der Waals surface area contributed by atoms with Crippen LogP contribution in [0.5, 0.6) is 5.75 Å². The summed E-state index contributed by atoms with van der Waals surface area (Å²) in [5, 5.41) is 0.115. The molecule has 1 aliphatic heterocycles. The van der Waals surface area contributed by atoms with Crippen LogP contribution in [-0.2, 0) is 11.4 Å². The van der Waals surface area contributed by atoms with Crippen molar-refractivity contribution in [2.75, 3.05) is 12.3 Å². The van der Waals surface area contributed by atoms with Crippen LogP contribution in [-0.4, -0.2) is 23.1 Å². The van der Waals surface area contributed by atoms with Gasteiger partial charge >= 0.3 is 0 Å². The van der Waals surface area contributed by atoms with Crippen LogP contribution in [0.3, 0.4) is 0 Å². The molecule has 1 atom stereocenters. The summed E-state index contributed by atoms with van der Waals surface area (Å²) in [5.74, 6) is 2.12. The second-order valence-electron chi connectivity index (χ2n) is 6.26. The molecule has 0 spiro atoms. The number of thioether (sulfide) groups is 1. The highest BCUT2D eigenvalue weighted by Crippen LogP contribution is 2.39. The van der Waals surface area contributed by atoms with E-state index in [9.17, 15) is 4.79 Å². The van der Waals surface area contributed by atoms with E-state index < -0.39 is 0 Å². The molecule has 1 amide bonds. The highest BCUT2D eigenvalue weighted by molar-refractivity contribution is 7.99. The minimum Gasteiger partial charge on any atom is -0.489 e. The minimum absolute atomic E-state index is 0.115. The van der Waals surface area contributed by atoms with Crippen molar-refractivity contribution in [3.05, 3.63) is 65.7 Å². The van der Waals surface area contributed by atoms with Crippen LogP contribution in [0.1, 0.15) is 42.7 Å². The number of ether oxygens (including phenoxy) is 1. The van der Waals surface area contributed by atoms with Crippen molar-refractivity contribution in [2.24, 2.45) is 0 Å². The summed E-state index contributed by atoms with van der Waals surface area (Å²) in [6.07, 6.45) is 2.67. The molecule has 0 radical (unpaired) electrons. The summed E-state index contributed by atoms with van der Waals surface area (Å²) in [6.45, 7) is 3.52. The van der Waals surface area contributed by atoms with Crippen LogP contribution in [0.2, 0.25) is 0 Å². The first kappa shape index (κ1) is 17.9. The number of carbonyl (C=O) groups excluding carboxylic acids is 1. The average molecular weight is 356 g/mol. The van der Waals surface area contributed by atoms with Crippen LogP contribution in [0.25, 0.3) is 0 Å². The summed E-state index contributed by atoms with van der Waals surface area (Å²) >= 11 is 1.84. The summed E-state index contributed by atoms with van der Waals surface area (Å²) < 4.78 is 5.94. The van der Waals surface area contributed by atoms with Gasteiger partial charge in [-0.25, -0.2) is 0 Å². The maximum absolute atomic E-state index is 12.5. The zero-order valence-corrected chi connectivity index (χ0v) is 15.5. The minimum atomic E-state index is 0.115. The predicted molar refractivity (Wildman–Crippen MR) is 104 cm³/mol. The van der Waals surface area contributed by atoms with Crippen molar-refractivity contribution in [1.82, 2.24) is 4.90 Å². The molecule has 1 saturated heterocycles. The molecule has 0 bridgehead atoms. The zero-order chi connectivity index (χ0) is 17.5. The van der Waals surface area contributed by atoms with Gasteiger partial charge in [0.25, 0.3) is 0 Å². The molecular weight excluding hydrogens is 330 g/mol. The van der Waals surface area contributed by atoms with Gasteiger partial charge in [-0.3, -0.25) is 4.79 Å². The molecule has 2 aromatic carbocycles. The molecule has 0 saturated carbocycles. The van der Waals surface area contributed by atoms with E-state index in [2.05, 4.69) is 31.2 Å². The first-order valence-corrected chi connectivity index (χ1v) is 10.0. The van der Waals surface area contributed by atoms with Gasteiger partial charge < -0.3 is 9.64 Å². The first-order valence-electron chi connectivity index (χ1n) is 8.95. The second-order valence-corrected chi connectivity index (χ2v) is 7.45. The Morgan fingerprint density at radius 3 is 2.84 bits per heavy atom. The lowest BCUT2D eigenvalue weighted by Gasteiger charge is -2.24. The number of carbonyl (C=O) groups is 1. The third kappa shape index (κ3) is 4.79. The van der Waals surface area contributed by atoms with Crippen LogP contribution in [0, 0.1) is 0 Å². The smallest absolute Gasteiger partial charge is 0.223 e. The van der Waals surface area contributed by atoms with Crippen molar-refractivity contribution in [1.29, 1.82) is 0 Å². The van der Waals surface area contributed by atoms with E-state index in [1.807, 2.05) is 47.0 Å². The third-order valence-electron chi connectivity index (χ3n) is 4.35. The lowest BCUT2D eigenvalue weighted by Crippen LogP contribution is -2.30. The fraction of sp³-hybridized carbons (Fsp3) is 0.381. The number of rotatable bonds is 7. The topological polar surface area (TPSA) is 29.5 Å². The van der Waals surface area contributed by atoms with Crippen molar-refractivity contribution in [2.45, 2.75) is 38.2 Å². The fourth-order valence-corrected chi connectivity index (χ4v) is 4.24. The number of unbranched alkanes of at least 4 members (excludes halogenated alkanes) is 1. The van der Waals surface area contributed by atoms with E-state index in [1.165, 1.54) is 0 Å². The second kappa shape index (κ2) is 8.95. The first-order chi connectivity index (χ1) is 12.3. The van der Waals surface area contributed by atoms with E-state index in [0.717, 1.165) is 42.0 Å². The molecule has 3 rings (SSSR count). The standard InChI is InChI=1S/C21H25NO2S/c1-2-3-12-20(23)22-13-14-25-21(22)18-10-7-11-19(15-18)24-16-17-8-5-4-6-9-17/h4-11,15,21H,2-3,12-14,16H2,1H3. The Labute approximate surface area is 154 Å². The Hall–Kier alpha value is -1.94. The number of nitrogens with zero attached hydrogens (tertiary/aromatic N) is 1. The summed E-state index contributed by atoms with van der Waals surface area (Å²) in [6, 6.07) is 18.3. The molecule has 1 fully saturated rings. The fourth-order valence-electron chi connectivity index (χ4n) is 2.97. The number of benzene rings is 2. The van der Waals surface area contributed by atoms with Crippen molar-refractivity contribution < 1.29 is 9.53 Å². The van der Waals surface area contributed by atoms with Gasteiger partial charge in [0, 0.05) is 18.7 Å². The van der Waals surface area contributed by atoms with Gasteiger partial charge in [-0.05, 0) is 29.7 Å². The van der Waals surface area contributed by atoms with Crippen molar-refractivity contribution >= 4 is 17.7 Å². The quantitative estimate of drug-likeness (QED) is 0.698. The lowest BCUT2D eigenvalue weighted by atomic mass is 10.1. The monoisotopic (exact) mass is 355 g/mol. The maximum Gasteiger partial charge on any atom is 0.223 e. The SMILES string of the molecule is CCCCC(=O)N1CCSC1c1cccc(OCc2ccccc2)c1. The number of hydrogen-bond acceptors (Lipinski definition) is 3. The van der Waals surface area contributed by atoms with Gasteiger partial charge in [-0.1, -0.05) is 55.8 Å². The Morgan fingerprint density at radius 2 is 2.04 bits per heavy atom. The van der Waals surface area contributed by atoms with E-state index in [-0.39, 0.29) is 11.3 Å². The molecule has 2 aromatic rings. The summed E-state index contributed by atoms with van der Waals surface area (Å²) in [4.78, 5) is 14.5. The van der Waals surface area contributed by atoms with Gasteiger partial charge in [-0.2, -0.15) is 0 Å². The van der Waals surface area contributed by atoms with E-state index in [1.54, 1.807) is 0 Å². The summed E-state index contributed by atoms with van der Waals surface area (Å²) in [7, 11) is 0. The molecule has 1 heterocycles. The largest absolute Gasteiger partial charge is 0.489 e. The number of hydrogen-bond donors (Lipinski definition) is 0. The van der Waals surface area contributed by atoms with Crippen LogP contribution in [0.4, 0.5) is 0 Å². The third-order valence-corrected chi connectivity index (χ3v) is 5.61. The molecule has 25 heavy (non-hydrogen) atoms. The Balaban J connectivity index is 1.66. The highest BCUT2D eigenvalue weighted by Gasteiger charge is 2.30. The Kier molecular flexibility index (Phi) is 6.40. The molecule has 132 valence electrons. The summed E-state index contributed by atoms with van der Waals surface area (Å²) in [5.41, 5.74) is 2.30. The molecule has 0 N–H and O–H groups in total. The van der Waals surface area contributed by atoms with Crippen molar-refractivity contribution in [3.8, 4) is 5.75 Å². The molecule has 0 aliphatic carbocycles. The van der Waals surface area contributed by atoms with Gasteiger partial charge in [0.15, 0.2) is 0 Å². The van der Waals surface area contributed by atoms with Crippen LogP contribution >= 0.6 is 11.8 Å². The van der Waals surface area contributed by atoms with Gasteiger partial charge in [0.2, 0.25) is 5.91 Å².